The maximum atomic E-state index is 12.2. The maximum absolute atomic E-state index is 12.2. The molecule has 1 amide bonds. The molecular weight excluding hydrogens is 274 g/mol. The Balaban J connectivity index is 2.74. The van der Waals surface area contributed by atoms with Gasteiger partial charge < -0.3 is 10.1 Å². The van der Waals surface area contributed by atoms with Gasteiger partial charge in [0.1, 0.15) is 4.88 Å². The van der Waals surface area contributed by atoms with Crippen molar-refractivity contribution in [3.63, 3.8) is 0 Å². The molecule has 0 aliphatic rings. The van der Waals surface area contributed by atoms with Crippen molar-refractivity contribution < 1.29 is 14.3 Å². The van der Waals surface area contributed by atoms with Crippen LogP contribution in [0.25, 0.3) is 0 Å². The minimum atomic E-state index is -0.746. The molecule has 0 saturated carbocycles. The Bertz CT molecular complexity index is 446. The van der Waals surface area contributed by atoms with Gasteiger partial charge in [-0.3, -0.25) is 4.79 Å². The van der Waals surface area contributed by atoms with Gasteiger partial charge in [0.15, 0.2) is 6.10 Å². The van der Waals surface area contributed by atoms with Crippen LogP contribution in [0.4, 0.5) is 0 Å². The lowest BCUT2D eigenvalue weighted by molar-refractivity contribution is -0.132. The highest BCUT2D eigenvalue weighted by atomic mass is 32.1. The molecule has 4 nitrogen and oxygen atoms in total. The summed E-state index contributed by atoms with van der Waals surface area (Å²) in [5.41, 5.74) is -0.346. The Morgan fingerprint density at radius 1 is 1.35 bits per heavy atom. The predicted octanol–water partition coefficient (Wildman–Crippen LogP) is 3.23. The number of hydrogen-bond donors (Lipinski definition) is 1. The van der Waals surface area contributed by atoms with Gasteiger partial charge in [0.05, 0.1) is 0 Å². The lowest BCUT2D eigenvalue weighted by atomic mass is 10.0. The normalized spacial score (nSPS) is 13.1. The molecule has 0 radical (unpaired) electrons. The molecule has 0 saturated heterocycles. The summed E-state index contributed by atoms with van der Waals surface area (Å²) in [4.78, 5) is 24.7. The highest BCUT2D eigenvalue weighted by Crippen LogP contribution is 2.16. The summed E-state index contributed by atoms with van der Waals surface area (Å²) in [7, 11) is 0. The Morgan fingerprint density at radius 3 is 2.45 bits per heavy atom. The fourth-order valence-corrected chi connectivity index (χ4v) is 2.27. The summed E-state index contributed by atoms with van der Waals surface area (Å²) < 4.78 is 5.37. The Morgan fingerprint density at radius 2 is 2.00 bits per heavy atom. The molecule has 0 spiro atoms. The van der Waals surface area contributed by atoms with Gasteiger partial charge >= 0.3 is 5.97 Å². The van der Waals surface area contributed by atoms with Crippen LogP contribution in [-0.2, 0) is 9.53 Å². The number of hydrogen-bond acceptors (Lipinski definition) is 4. The molecular formula is C15H23NO3S. The zero-order valence-corrected chi connectivity index (χ0v) is 13.5. The molecule has 1 heterocycles. The van der Waals surface area contributed by atoms with E-state index in [4.69, 9.17) is 4.74 Å². The minimum absolute atomic E-state index is 0.240. The molecule has 0 aromatic carbocycles. The Kier molecular flexibility index (Phi) is 5.74. The van der Waals surface area contributed by atoms with Crippen molar-refractivity contribution in [1.82, 2.24) is 5.32 Å². The summed E-state index contributed by atoms with van der Waals surface area (Å²) >= 11 is 1.31. The highest BCUT2D eigenvalue weighted by Gasteiger charge is 2.27. The standard InChI is InChI=1S/C15H23NO3S/c1-10(2)9-11(13(17)16-15(3,4)5)19-14(18)12-7-6-8-20-12/h6-8,10-11H,9H2,1-5H3,(H,16,17)/t11-/m0/s1. The van der Waals surface area contributed by atoms with Gasteiger partial charge in [-0.1, -0.05) is 19.9 Å². The average Bonchev–Trinajstić information content (AvgIpc) is 2.78. The van der Waals surface area contributed by atoms with Crippen LogP contribution in [-0.4, -0.2) is 23.5 Å². The van der Waals surface area contributed by atoms with E-state index in [1.807, 2.05) is 40.0 Å². The van der Waals surface area contributed by atoms with Crippen molar-refractivity contribution in [3.05, 3.63) is 22.4 Å². The largest absolute Gasteiger partial charge is 0.448 e. The van der Waals surface area contributed by atoms with Gasteiger partial charge in [-0.25, -0.2) is 4.79 Å². The first-order valence-electron chi connectivity index (χ1n) is 6.75. The van der Waals surface area contributed by atoms with Crippen LogP contribution < -0.4 is 5.32 Å². The van der Waals surface area contributed by atoms with E-state index in [1.165, 1.54) is 11.3 Å². The van der Waals surface area contributed by atoms with Gasteiger partial charge in [-0.15, -0.1) is 11.3 Å². The second-order valence-corrected chi connectivity index (χ2v) is 7.19. The van der Waals surface area contributed by atoms with E-state index in [0.717, 1.165) is 0 Å². The van der Waals surface area contributed by atoms with Crippen molar-refractivity contribution in [1.29, 1.82) is 0 Å². The van der Waals surface area contributed by atoms with E-state index >= 15 is 0 Å². The molecule has 0 aliphatic heterocycles. The molecule has 0 aliphatic carbocycles. The van der Waals surface area contributed by atoms with E-state index in [-0.39, 0.29) is 17.4 Å². The summed E-state index contributed by atoms with van der Waals surface area (Å²) in [5.74, 6) is -0.410. The first-order chi connectivity index (χ1) is 9.19. The van der Waals surface area contributed by atoms with Crippen LogP contribution in [0.2, 0.25) is 0 Å². The van der Waals surface area contributed by atoms with Crippen molar-refractivity contribution >= 4 is 23.2 Å². The van der Waals surface area contributed by atoms with E-state index in [2.05, 4.69) is 5.32 Å². The van der Waals surface area contributed by atoms with Gasteiger partial charge in [0.2, 0.25) is 0 Å². The van der Waals surface area contributed by atoms with E-state index < -0.39 is 12.1 Å². The van der Waals surface area contributed by atoms with E-state index in [9.17, 15) is 9.59 Å². The zero-order chi connectivity index (χ0) is 15.3. The second-order valence-electron chi connectivity index (χ2n) is 6.24. The van der Waals surface area contributed by atoms with E-state index in [0.29, 0.717) is 11.3 Å². The average molecular weight is 297 g/mol. The van der Waals surface area contributed by atoms with Crippen LogP contribution in [0.15, 0.2) is 17.5 Å². The van der Waals surface area contributed by atoms with Gasteiger partial charge in [-0.2, -0.15) is 0 Å². The van der Waals surface area contributed by atoms with Crippen molar-refractivity contribution in [2.45, 2.75) is 52.7 Å². The summed E-state index contributed by atoms with van der Waals surface area (Å²) in [5, 5.41) is 4.67. The zero-order valence-electron chi connectivity index (χ0n) is 12.7. The topological polar surface area (TPSA) is 55.4 Å². The first-order valence-corrected chi connectivity index (χ1v) is 7.63. The van der Waals surface area contributed by atoms with Crippen molar-refractivity contribution in [2.75, 3.05) is 0 Å². The SMILES string of the molecule is CC(C)C[C@H](OC(=O)c1cccs1)C(=O)NC(C)(C)C. The van der Waals surface area contributed by atoms with Crippen LogP contribution >= 0.6 is 11.3 Å². The maximum Gasteiger partial charge on any atom is 0.349 e. The molecule has 1 aromatic heterocycles. The van der Waals surface area contributed by atoms with Crippen molar-refractivity contribution in [2.24, 2.45) is 5.92 Å². The fourth-order valence-electron chi connectivity index (χ4n) is 1.67. The molecule has 1 aromatic rings. The summed E-state index contributed by atoms with van der Waals surface area (Å²) in [6.07, 6.45) is -0.234. The summed E-state index contributed by atoms with van der Waals surface area (Å²) in [6, 6.07) is 3.48. The molecule has 1 atom stereocenters. The third-order valence-corrected chi connectivity index (χ3v) is 3.30. The van der Waals surface area contributed by atoms with Crippen molar-refractivity contribution in [3.8, 4) is 0 Å². The smallest absolute Gasteiger partial charge is 0.349 e. The number of ether oxygens (including phenoxy) is 1. The lowest BCUT2D eigenvalue weighted by Gasteiger charge is -2.25. The van der Waals surface area contributed by atoms with Gasteiger partial charge in [-0.05, 0) is 44.6 Å². The minimum Gasteiger partial charge on any atom is -0.448 e. The van der Waals surface area contributed by atoms with Gasteiger partial charge in [0.25, 0.3) is 5.91 Å². The Labute approximate surface area is 124 Å². The molecule has 0 bridgehead atoms. The molecule has 112 valence electrons. The number of carbonyl (C=O) groups is 2. The number of thiophene rings is 1. The molecule has 1 N–H and O–H groups in total. The number of nitrogens with one attached hydrogen (secondary N) is 1. The molecule has 20 heavy (non-hydrogen) atoms. The number of esters is 1. The highest BCUT2D eigenvalue weighted by molar-refractivity contribution is 7.11. The van der Waals surface area contributed by atoms with E-state index in [1.54, 1.807) is 12.1 Å². The summed E-state index contributed by atoms with van der Waals surface area (Å²) in [6.45, 7) is 9.70. The molecule has 0 fully saturated rings. The first kappa shape index (κ1) is 16.7. The Hall–Kier alpha value is -1.36. The lowest BCUT2D eigenvalue weighted by Crippen LogP contribution is -2.47. The predicted molar refractivity (Wildman–Crippen MR) is 80.9 cm³/mol. The second kappa shape index (κ2) is 6.88. The molecule has 0 unspecified atom stereocenters. The number of amides is 1. The van der Waals surface area contributed by atoms with Gasteiger partial charge in [0, 0.05) is 5.54 Å². The monoisotopic (exact) mass is 297 g/mol. The third-order valence-electron chi connectivity index (χ3n) is 2.45. The van der Waals surface area contributed by atoms with Crippen LogP contribution in [0.1, 0.15) is 50.7 Å². The number of carbonyl (C=O) groups excluding carboxylic acids is 2. The fraction of sp³-hybridized carbons (Fsp3) is 0.600. The molecule has 1 rings (SSSR count). The third kappa shape index (κ3) is 5.74. The quantitative estimate of drug-likeness (QED) is 0.849. The van der Waals surface area contributed by atoms with Crippen LogP contribution in [0.3, 0.4) is 0 Å². The number of rotatable bonds is 5. The molecule has 5 heteroatoms. The van der Waals surface area contributed by atoms with Crippen LogP contribution in [0, 0.1) is 5.92 Å². The van der Waals surface area contributed by atoms with Crippen LogP contribution in [0.5, 0.6) is 0 Å².